The molecule has 4 nitrogen and oxygen atoms in total. The minimum absolute atomic E-state index is 0.00346. The number of benzene rings is 3. The third-order valence-electron chi connectivity index (χ3n) is 6.34. The fourth-order valence-electron chi connectivity index (χ4n) is 4.29. The normalized spacial score (nSPS) is 11.7. The Balaban J connectivity index is 1.48. The standard InChI is InChI=1S/C31H38N2O2/c1-4-5-6-7-8-11-22-33(2,3)24-31(35)32-29-19-17-27(18-20-29)30(34)21-15-25-14-16-26-12-9-10-13-28(26)23-25/h9-10,12-21,23H,4-8,11,22,24H2,1-3H3/p+1/b21-15+. The zero-order chi connectivity index (χ0) is 25.1. The highest BCUT2D eigenvalue weighted by atomic mass is 16.2. The third kappa shape index (κ3) is 8.80. The summed E-state index contributed by atoms with van der Waals surface area (Å²) in [5.41, 5.74) is 2.30. The summed E-state index contributed by atoms with van der Waals surface area (Å²) < 4.78 is 0.676. The van der Waals surface area contributed by atoms with E-state index in [0.717, 1.165) is 23.9 Å². The van der Waals surface area contributed by atoms with Gasteiger partial charge in [0.1, 0.15) is 0 Å². The summed E-state index contributed by atoms with van der Waals surface area (Å²) in [6.45, 7) is 3.66. The topological polar surface area (TPSA) is 46.2 Å². The number of unbranched alkanes of at least 4 members (excludes halogenated alkanes) is 5. The molecule has 0 aliphatic heterocycles. The number of hydrogen-bond donors (Lipinski definition) is 1. The fraction of sp³-hybridized carbons (Fsp3) is 0.355. The molecule has 0 heterocycles. The number of likely N-dealkylation sites (N-methyl/N-ethyl adjacent to an activating group) is 1. The highest BCUT2D eigenvalue weighted by molar-refractivity contribution is 6.07. The Bertz CT molecular complexity index is 1150. The molecule has 3 aromatic carbocycles. The van der Waals surface area contributed by atoms with Crippen molar-refractivity contribution in [3.63, 3.8) is 0 Å². The van der Waals surface area contributed by atoms with Gasteiger partial charge in [-0.05, 0) is 65.6 Å². The van der Waals surface area contributed by atoms with Gasteiger partial charge in [0, 0.05) is 11.3 Å². The maximum atomic E-state index is 12.6. The molecule has 0 fully saturated rings. The second-order valence-corrected chi connectivity index (χ2v) is 10.0. The van der Waals surface area contributed by atoms with Crippen molar-refractivity contribution in [3.05, 3.63) is 83.9 Å². The molecule has 0 aromatic heterocycles. The van der Waals surface area contributed by atoms with Gasteiger partial charge < -0.3 is 9.80 Å². The number of carbonyl (C=O) groups is 2. The molecule has 1 amide bonds. The van der Waals surface area contributed by atoms with E-state index in [0.29, 0.717) is 22.3 Å². The van der Waals surface area contributed by atoms with Gasteiger partial charge >= 0.3 is 0 Å². The van der Waals surface area contributed by atoms with Crippen LogP contribution in [0.2, 0.25) is 0 Å². The summed E-state index contributed by atoms with van der Waals surface area (Å²) in [5, 5.41) is 5.30. The number of nitrogens with one attached hydrogen (secondary N) is 1. The van der Waals surface area contributed by atoms with Gasteiger partial charge in [0.05, 0.1) is 20.6 Å². The summed E-state index contributed by atoms with van der Waals surface area (Å²) in [5.74, 6) is -0.0657. The van der Waals surface area contributed by atoms with Gasteiger partial charge in [-0.1, -0.05) is 75.1 Å². The van der Waals surface area contributed by atoms with E-state index in [1.165, 1.54) is 37.5 Å². The van der Waals surface area contributed by atoms with E-state index in [1.807, 2.05) is 24.3 Å². The lowest BCUT2D eigenvalue weighted by Gasteiger charge is -2.29. The smallest absolute Gasteiger partial charge is 0.279 e. The first-order valence-corrected chi connectivity index (χ1v) is 12.8. The van der Waals surface area contributed by atoms with Gasteiger partial charge in [-0.2, -0.15) is 0 Å². The summed E-state index contributed by atoms with van der Waals surface area (Å²) in [6.07, 6.45) is 11.0. The predicted octanol–water partition coefficient (Wildman–Crippen LogP) is 7.11. The van der Waals surface area contributed by atoms with Crippen LogP contribution in [-0.4, -0.2) is 43.4 Å². The van der Waals surface area contributed by atoms with Gasteiger partial charge in [-0.25, -0.2) is 0 Å². The Morgan fingerprint density at radius 1 is 0.829 bits per heavy atom. The molecule has 1 N–H and O–H groups in total. The Kier molecular flexibility index (Phi) is 9.80. The zero-order valence-corrected chi connectivity index (χ0v) is 21.4. The number of fused-ring (bicyclic) bond motifs is 1. The lowest BCUT2D eigenvalue weighted by Crippen LogP contribution is -2.46. The van der Waals surface area contributed by atoms with Gasteiger partial charge in [0.15, 0.2) is 12.3 Å². The van der Waals surface area contributed by atoms with Crippen LogP contribution >= 0.6 is 0 Å². The zero-order valence-electron chi connectivity index (χ0n) is 21.4. The van der Waals surface area contributed by atoms with E-state index < -0.39 is 0 Å². The molecule has 35 heavy (non-hydrogen) atoms. The van der Waals surface area contributed by atoms with Crippen LogP contribution < -0.4 is 5.32 Å². The molecule has 0 saturated heterocycles. The van der Waals surface area contributed by atoms with Crippen molar-refractivity contribution in [2.45, 2.75) is 45.4 Å². The van der Waals surface area contributed by atoms with E-state index in [4.69, 9.17) is 0 Å². The van der Waals surface area contributed by atoms with Crippen LogP contribution in [0, 0.1) is 0 Å². The Hall–Kier alpha value is -3.24. The molecule has 0 spiro atoms. The molecule has 0 unspecified atom stereocenters. The number of ketones is 1. The van der Waals surface area contributed by atoms with Crippen molar-refractivity contribution >= 4 is 34.2 Å². The van der Waals surface area contributed by atoms with Crippen LogP contribution in [0.3, 0.4) is 0 Å². The number of carbonyl (C=O) groups excluding carboxylic acids is 2. The monoisotopic (exact) mass is 471 g/mol. The maximum absolute atomic E-state index is 12.6. The van der Waals surface area contributed by atoms with E-state index >= 15 is 0 Å². The summed E-state index contributed by atoms with van der Waals surface area (Å²) in [4.78, 5) is 25.2. The second kappa shape index (κ2) is 13.0. The molecule has 184 valence electrons. The second-order valence-electron chi connectivity index (χ2n) is 10.0. The quantitative estimate of drug-likeness (QED) is 0.125. The Labute approximate surface area is 210 Å². The van der Waals surface area contributed by atoms with Crippen LogP contribution in [0.4, 0.5) is 5.69 Å². The number of hydrogen-bond acceptors (Lipinski definition) is 2. The van der Waals surface area contributed by atoms with Crippen molar-refractivity contribution in [2.75, 3.05) is 32.5 Å². The summed E-state index contributed by atoms with van der Waals surface area (Å²) in [6, 6.07) is 21.4. The SMILES string of the molecule is CCCCCCCC[N+](C)(C)CC(=O)Nc1ccc(C(=O)/C=C/c2ccc3ccccc3c2)cc1. The van der Waals surface area contributed by atoms with Crippen molar-refractivity contribution in [3.8, 4) is 0 Å². The number of nitrogens with zero attached hydrogens (tertiary/aromatic N) is 1. The molecular weight excluding hydrogens is 432 g/mol. The molecule has 0 aliphatic carbocycles. The Morgan fingerprint density at radius 3 is 2.26 bits per heavy atom. The maximum Gasteiger partial charge on any atom is 0.279 e. The number of anilines is 1. The van der Waals surface area contributed by atoms with Crippen molar-refractivity contribution in [1.29, 1.82) is 0 Å². The van der Waals surface area contributed by atoms with Crippen LogP contribution in [0.1, 0.15) is 61.4 Å². The highest BCUT2D eigenvalue weighted by Crippen LogP contribution is 2.17. The van der Waals surface area contributed by atoms with E-state index in [-0.39, 0.29) is 11.7 Å². The largest absolute Gasteiger partial charge is 0.321 e. The first kappa shape index (κ1) is 26.4. The summed E-state index contributed by atoms with van der Waals surface area (Å²) >= 11 is 0. The molecule has 3 rings (SSSR count). The van der Waals surface area contributed by atoms with Crippen LogP contribution in [-0.2, 0) is 4.79 Å². The number of quaternary nitrogens is 1. The van der Waals surface area contributed by atoms with Gasteiger partial charge in [0.2, 0.25) is 0 Å². The minimum atomic E-state index is -0.0622. The van der Waals surface area contributed by atoms with Crippen molar-refractivity contribution in [2.24, 2.45) is 0 Å². The number of allylic oxidation sites excluding steroid dienone is 1. The highest BCUT2D eigenvalue weighted by Gasteiger charge is 2.19. The number of rotatable bonds is 13. The lowest BCUT2D eigenvalue weighted by molar-refractivity contribution is -0.882. The molecule has 0 aliphatic rings. The van der Waals surface area contributed by atoms with Gasteiger partial charge in [-0.15, -0.1) is 0 Å². The minimum Gasteiger partial charge on any atom is -0.321 e. The Morgan fingerprint density at radius 2 is 1.51 bits per heavy atom. The fourth-order valence-corrected chi connectivity index (χ4v) is 4.29. The average Bonchev–Trinajstić information content (AvgIpc) is 2.84. The summed E-state index contributed by atoms with van der Waals surface area (Å²) in [7, 11) is 4.21. The molecule has 0 bridgehead atoms. The predicted molar refractivity (Wildman–Crippen MR) is 148 cm³/mol. The molecule has 0 radical (unpaired) electrons. The van der Waals surface area contributed by atoms with Crippen LogP contribution in [0.15, 0.2) is 72.8 Å². The molecule has 0 atom stereocenters. The van der Waals surface area contributed by atoms with Gasteiger partial charge in [0.25, 0.3) is 5.91 Å². The van der Waals surface area contributed by atoms with Crippen LogP contribution in [0.25, 0.3) is 16.8 Å². The lowest BCUT2D eigenvalue weighted by atomic mass is 10.1. The van der Waals surface area contributed by atoms with E-state index in [2.05, 4.69) is 50.6 Å². The first-order chi connectivity index (χ1) is 16.9. The van der Waals surface area contributed by atoms with Crippen LogP contribution in [0.5, 0.6) is 0 Å². The third-order valence-corrected chi connectivity index (χ3v) is 6.34. The van der Waals surface area contributed by atoms with Crippen molar-refractivity contribution in [1.82, 2.24) is 0 Å². The van der Waals surface area contributed by atoms with E-state index in [9.17, 15) is 9.59 Å². The molecule has 0 saturated carbocycles. The average molecular weight is 472 g/mol. The van der Waals surface area contributed by atoms with Gasteiger partial charge in [-0.3, -0.25) is 9.59 Å². The molecular formula is C31H39N2O2+. The molecule has 3 aromatic rings. The number of amides is 1. The first-order valence-electron chi connectivity index (χ1n) is 12.8. The van der Waals surface area contributed by atoms with E-state index in [1.54, 1.807) is 30.3 Å². The molecule has 4 heteroatoms. The van der Waals surface area contributed by atoms with Crippen molar-refractivity contribution < 1.29 is 14.1 Å².